The summed E-state index contributed by atoms with van der Waals surface area (Å²) in [6.07, 6.45) is 6.34. The second kappa shape index (κ2) is 5.69. The molecule has 1 aromatic carbocycles. The van der Waals surface area contributed by atoms with Crippen molar-refractivity contribution in [3.8, 4) is 5.75 Å². The fourth-order valence-electron chi connectivity index (χ4n) is 1.70. The van der Waals surface area contributed by atoms with Crippen LogP contribution in [0.1, 0.15) is 43.7 Å². The SMILES string of the molecule is CCCCCCc1ccc(O)cc1C. The van der Waals surface area contributed by atoms with Crippen LogP contribution in [0.25, 0.3) is 0 Å². The summed E-state index contributed by atoms with van der Waals surface area (Å²) in [6.45, 7) is 4.29. The fraction of sp³-hybridized carbons (Fsp3) is 0.538. The Morgan fingerprint density at radius 1 is 1.14 bits per heavy atom. The zero-order valence-corrected chi connectivity index (χ0v) is 9.21. The number of unbranched alkanes of at least 4 members (excludes halogenated alkanes) is 3. The van der Waals surface area contributed by atoms with Gasteiger partial charge in [-0.2, -0.15) is 0 Å². The average molecular weight is 192 g/mol. The van der Waals surface area contributed by atoms with Crippen molar-refractivity contribution >= 4 is 0 Å². The molecule has 0 aliphatic heterocycles. The van der Waals surface area contributed by atoms with E-state index in [4.69, 9.17) is 0 Å². The van der Waals surface area contributed by atoms with Gasteiger partial charge in [-0.3, -0.25) is 0 Å². The molecule has 0 fully saturated rings. The van der Waals surface area contributed by atoms with Crippen LogP contribution in [0, 0.1) is 6.92 Å². The maximum atomic E-state index is 9.25. The van der Waals surface area contributed by atoms with Crippen LogP contribution in [-0.2, 0) is 6.42 Å². The van der Waals surface area contributed by atoms with Gasteiger partial charge in [0, 0.05) is 0 Å². The quantitative estimate of drug-likeness (QED) is 0.703. The molecule has 1 heteroatoms. The third-order valence-corrected chi connectivity index (χ3v) is 2.63. The van der Waals surface area contributed by atoms with Gasteiger partial charge in [0.05, 0.1) is 0 Å². The number of rotatable bonds is 5. The van der Waals surface area contributed by atoms with Gasteiger partial charge in [-0.15, -0.1) is 0 Å². The molecular weight excluding hydrogens is 172 g/mol. The molecule has 1 rings (SSSR count). The first-order chi connectivity index (χ1) is 6.74. The summed E-state index contributed by atoms with van der Waals surface area (Å²) < 4.78 is 0. The first kappa shape index (κ1) is 11.1. The lowest BCUT2D eigenvalue weighted by atomic mass is 10.0. The lowest BCUT2D eigenvalue weighted by molar-refractivity contribution is 0.474. The van der Waals surface area contributed by atoms with E-state index in [0.717, 1.165) is 6.42 Å². The van der Waals surface area contributed by atoms with Crippen LogP contribution in [0.2, 0.25) is 0 Å². The van der Waals surface area contributed by atoms with E-state index in [0.29, 0.717) is 5.75 Å². The molecule has 0 saturated heterocycles. The second-order valence-electron chi connectivity index (χ2n) is 3.92. The summed E-state index contributed by atoms with van der Waals surface area (Å²) in [5.41, 5.74) is 2.58. The first-order valence-electron chi connectivity index (χ1n) is 5.52. The minimum Gasteiger partial charge on any atom is -0.508 e. The maximum absolute atomic E-state index is 9.25. The molecule has 0 bridgehead atoms. The number of phenols is 1. The molecule has 14 heavy (non-hydrogen) atoms. The molecule has 0 saturated carbocycles. The molecule has 0 aromatic heterocycles. The molecule has 0 heterocycles. The van der Waals surface area contributed by atoms with Crippen molar-refractivity contribution in [3.63, 3.8) is 0 Å². The Bertz CT molecular complexity index is 279. The molecule has 78 valence electrons. The topological polar surface area (TPSA) is 20.2 Å². The minimum atomic E-state index is 0.375. The van der Waals surface area contributed by atoms with Crippen LogP contribution >= 0.6 is 0 Å². The highest BCUT2D eigenvalue weighted by Gasteiger charge is 1.98. The van der Waals surface area contributed by atoms with Crippen molar-refractivity contribution in [2.75, 3.05) is 0 Å². The standard InChI is InChI=1S/C13H20O/c1-3-4-5-6-7-12-8-9-13(14)10-11(12)2/h8-10,14H,3-7H2,1-2H3. The number of hydrogen-bond donors (Lipinski definition) is 1. The van der Waals surface area contributed by atoms with Gasteiger partial charge >= 0.3 is 0 Å². The molecule has 1 aromatic rings. The Morgan fingerprint density at radius 2 is 1.93 bits per heavy atom. The van der Waals surface area contributed by atoms with Gasteiger partial charge in [0.1, 0.15) is 5.75 Å². The molecule has 0 aliphatic carbocycles. The van der Waals surface area contributed by atoms with Crippen LogP contribution < -0.4 is 0 Å². The maximum Gasteiger partial charge on any atom is 0.115 e. The number of phenolic OH excluding ortho intramolecular Hbond substituents is 1. The van der Waals surface area contributed by atoms with Gasteiger partial charge < -0.3 is 5.11 Å². The smallest absolute Gasteiger partial charge is 0.115 e. The Hall–Kier alpha value is -0.980. The predicted molar refractivity (Wildman–Crippen MR) is 60.7 cm³/mol. The summed E-state index contributed by atoms with van der Waals surface area (Å²) in [4.78, 5) is 0. The number of benzene rings is 1. The van der Waals surface area contributed by atoms with Crippen LogP contribution in [0.15, 0.2) is 18.2 Å². The van der Waals surface area contributed by atoms with Crippen molar-refractivity contribution in [3.05, 3.63) is 29.3 Å². The summed E-state index contributed by atoms with van der Waals surface area (Å²) in [5.74, 6) is 0.375. The monoisotopic (exact) mass is 192 g/mol. The molecule has 1 N–H and O–H groups in total. The number of aryl methyl sites for hydroxylation is 2. The van der Waals surface area contributed by atoms with E-state index in [-0.39, 0.29) is 0 Å². The molecule has 0 unspecified atom stereocenters. The van der Waals surface area contributed by atoms with E-state index < -0.39 is 0 Å². The van der Waals surface area contributed by atoms with Gasteiger partial charge in [0.2, 0.25) is 0 Å². The third kappa shape index (κ3) is 3.41. The summed E-state index contributed by atoms with van der Waals surface area (Å²) in [6, 6.07) is 5.66. The Labute approximate surface area is 86.8 Å². The molecule has 0 spiro atoms. The molecule has 0 atom stereocenters. The third-order valence-electron chi connectivity index (χ3n) is 2.63. The van der Waals surface area contributed by atoms with E-state index >= 15 is 0 Å². The Morgan fingerprint density at radius 3 is 2.57 bits per heavy atom. The Kier molecular flexibility index (Phi) is 4.51. The highest BCUT2D eigenvalue weighted by atomic mass is 16.3. The largest absolute Gasteiger partial charge is 0.508 e. The molecule has 0 amide bonds. The van der Waals surface area contributed by atoms with Gasteiger partial charge in [-0.1, -0.05) is 32.3 Å². The van der Waals surface area contributed by atoms with Gasteiger partial charge in [0.15, 0.2) is 0 Å². The van der Waals surface area contributed by atoms with Crippen molar-refractivity contribution < 1.29 is 5.11 Å². The normalized spacial score (nSPS) is 10.4. The zero-order chi connectivity index (χ0) is 10.4. The molecular formula is C13H20O. The van der Waals surface area contributed by atoms with Crippen LogP contribution in [0.4, 0.5) is 0 Å². The molecule has 0 aliphatic rings. The summed E-state index contributed by atoms with van der Waals surface area (Å²) in [7, 11) is 0. The van der Waals surface area contributed by atoms with E-state index in [1.165, 1.54) is 36.8 Å². The number of aromatic hydroxyl groups is 1. The van der Waals surface area contributed by atoms with E-state index in [1.54, 1.807) is 6.07 Å². The lowest BCUT2D eigenvalue weighted by Gasteiger charge is -2.05. The van der Waals surface area contributed by atoms with Crippen molar-refractivity contribution in [2.24, 2.45) is 0 Å². The van der Waals surface area contributed by atoms with Crippen LogP contribution in [0.3, 0.4) is 0 Å². The fourth-order valence-corrected chi connectivity index (χ4v) is 1.70. The second-order valence-corrected chi connectivity index (χ2v) is 3.92. The number of hydrogen-bond acceptors (Lipinski definition) is 1. The summed E-state index contributed by atoms with van der Waals surface area (Å²) >= 11 is 0. The molecule has 1 nitrogen and oxygen atoms in total. The highest BCUT2D eigenvalue weighted by Crippen LogP contribution is 2.17. The van der Waals surface area contributed by atoms with E-state index in [1.807, 2.05) is 12.1 Å². The van der Waals surface area contributed by atoms with Crippen LogP contribution in [-0.4, -0.2) is 5.11 Å². The van der Waals surface area contributed by atoms with Gasteiger partial charge in [0.25, 0.3) is 0 Å². The van der Waals surface area contributed by atoms with Crippen molar-refractivity contribution in [2.45, 2.75) is 46.0 Å². The van der Waals surface area contributed by atoms with Crippen molar-refractivity contribution in [1.82, 2.24) is 0 Å². The molecule has 0 radical (unpaired) electrons. The minimum absolute atomic E-state index is 0.375. The van der Waals surface area contributed by atoms with Gasteiger partial charge in [-0.05, 0) is 43.0 Å². The summed E-state index contributed by atoms with van der Waals surface area (Å²) in [5, 5.41) is 9.25. The predicted octanol–water partition coefficient (Wildman–Crippen LogP) is 3.82. The first-order valence-corrected chi connectivity index (χ1v) is 5.52. The highest BCUT2D eigenvalue weighted by molar-refractivity contribution is 5.33. The van der Waals surface area contributed by atoms with Crippen molar-refractivity contribution in [1.29, 1.82) is 0 Å². The van der Waals surface area contributed by atoms with Gasteiger partial charge in [-0.25, -0.2) is 0 Å². The zero-order valence-electron chi connectivity index (χ0n) is 9.21. The Balaban J connectivity index is 2.42. The lowest BCUT2D eigenvalue weighted by Crippen LogP contribution is -1.89. The average Bonchev–Trinajstić information content (AvgIpc) is 2.15. The van der Waals surface area contributed by atoms with E-state index in [9.17, 15) is 5.11 Å². The van der Waals surface area contributed by atoms with E-state index in [2.05, 4.69) is 13.8 Å². The van der Waals surface area contributed by atoms with Crippen LogP contribution in [0.5, 0.6) is 5.75 Å².